The van der Waals surface area contributed by atoms with Crippen LogP contribution in [-0.2, 0) is 10.0 Å². The number of aromatic nitrogens is 1. The minimum Gasteiger partial charge on any atom is -0.439 e. The summed E-state index contributed by atoms with van der Waals surface area (Å²) in [5, 5.41) is 2.87. The molecule has 0 aliphatic heterocycles. The number of pyridine rings is 1. The molecule has 1 heterocycles. The minimum absolute atomic E-state index is 0.161. The fourth-order valence-corrected chi connectivity index (χ4v) is 4.77. The molecule has 3 rings (SSSR count). The number of rotatable bonds is 10. The third-order valence-electron chi connectivity index (χ3n) is 5.47. The Morgan fingerprint density at radius 1 is 0.941 bits per heavy atom. The second kappa shape index (κ2) is 11.2. The summed E-state index contributed by atoms with van der Waals surface area (Å²) >= 11 is 0. The molecule has 1 aromatic heterocycles. The first-order valence-electron chi connectivity index (χ1n) is 11.3. The summed E-state index contributed by atoms with van der Waals surface area (Å²) in [5.74, 6) is 0.669. The Morgan fingerprint density at radius 3 is 2.29 bits per heavy atom. The van der Waals surface area contributed by atoms with E-state index in [2.05, 4.69) is 21.9 Å². The lowest BCUT2D eigenvalue weighted by atomic mass is 10.1. The van der Waals surface area contributed by atoms with E-state index in [4.69, 9.17) is 4.74 Å². The Kier molecular flexibility index (Phi) is 8.28. The van der Waals surface area contributed by atoms with Gasteiger partial charge in [0.05, 0.1) is 10.5 Å². The van der Waals surface area contributed by atoms with E-state index in [0.717, 1.165) is 30.4 Å². The molecule has 0 aliphatic carbocycles. The van der Waals surface area contributed by atoms with Crippen LogP contribution in [0.3, 0.4) is 0 Å². The van der Waals surface area contributed by atoms with Crippen LogP contribution >= 0.6 is 0 Å². The zero-order chi connectivity index (χ0) is 24.7. The van der Waals surface area contributed by atoms with Crippen molar-refractivity contribution in [1.82, 2.24) is 10.3 Å². The van der Waals surface area contributed by atoms with Crippen LogP contribution in [0, 0.1) is 20.8 Å². The Labute approximate surface area is 201 Å². The number of nitrogens with one attached hydrogen (secondary N) is 2. The number of unbranched alkanes of at least 4 members (excludes halogenated alkanes) is 2. The fourth-order valence-electron chi connectivity index (χ4n) is 3.40. The maximum absolute atomic E-state index is 12.9. The summed E-state index contributed by atoms with van der Waals surface area (Å²) in [6, 6.07) is 13.4. The summed E-state index contributed by atoms with van der Waals surface area (Å²) in [6.45, 7) is 8.39. The van der Waals surface area contributed by atoms with Crippen molar-refractivity contribution in [3.8, 4) is 11.6 Å². The van der Waals surface area contributed by atoms with E-state index in [1.807, 2.05) is 19.9 Å². The monoisotopic (exact) mass is 481 g/mol. The SMILES string of the molecule is CCCCCNC(=O)c1ccc(Oc2ccc(NS(=O)(=O)c3cc(C)c(C)cc3C)cc2)nc1. The number of carbonyl (C=O) groups excluding carboxylic acids is 1. The molecule has 0 unspecified atom stereocenters. The zero-order valence-electron chi connectivity index (χ0n) is 20.0. The lowest BCUT2D eigenvalue weighted by molar-refractivity contribution is 0.0952. The number of hydrogen-bond acceptors (Lipinski definition) is 5. The molecule has 0 bridgehead atoms. The van der Waals surface area contributed by atoms with Gasteiger partial charge in [0.2, 0.25) is 5.88 Å². The van der Waals surface area contributed by atoms with E-state index >= 15 is 0 Å². The van der Waals surface area contributed by atoms with Crippen LogP contribution in [-0.4, -0.2) is 25.9 Å². The van der Waals surface area contributed by atoms with Crippen molar-refractivity contribution >= 4 is 21.6 Å². The molecule has 0 radical (unpaired) electrons. The van der Waals surface area contributed by atoms with Crippen LogP contribution in [0.4, 0.5) is 5.69 Å². The first-order chi connectivity index (χ1) is 16.2. The van der Waals surface area contributed by atoms with Crippen molar-refractivity contribution in [2.24, 2.45) is 0 Å². The van der Waals surface area contributed by atoms with Crippen LogP contribution < -0.4 is 14.8 Å². The van der Waals surface area contributed by atoms with Gasteiger partial charge in [-0.25, -0.2) is 13.4 Å². The number of hydrogen-bond donors (Lipinski definition) is 2. The van der Waals surface area contributed by atoms with Gasteiger partial charge in [-0.3, -0.25) is 9.52 Å². The Morgan fingerprint density at radius 2 is 1.65 bits per heavy atom. The fraction of sp³-hybridized carbons (Fsp3) is 0.308. The van der Waals surface area contributed by atoms with Gasteiger partial charge in [-0.2, -0.15) is 0 Å². The number of carbonyl (C=O) groups is 1. The van der Waals surface area contributed by atoms with Gasteiger partial charge in [0.25, 0.3) is 15.9 Å². The lowest BCUT2D eigenvalue weighted by Crippen LogP contribution is -2.24. The van der Waals surface area contributed by atoms with Crippen LogP contribution in [0.15, 0.2) is 59.6 Å². The Bertz CT molecular complexity index is 1240. The first-order valence-corrected chi connectivity index (χ1v) is 12.8. The maximum Gasteiger partial charge on any atom is 0.262 e. The second-order valence-corrected chi connectivity index (χ2v) is 9.93. The molecule has 180 valence electrons. The summed E-state index contributed by atoms with van der Waals surface area (Å²) in [4.78, 5) is 16.6. The number of aryl methyl sites for hydroxylation is 3. The molecule has 0 aliphatic rings. The highest BCUT2D eigenvalue weighted by molar-refractivity contribution is 7.92. The molecule has 2 aromatic carbocycles. The van der Waals surface area contributed by atoms with E-state index in [-0.39, 0.29) is 10.8 Å². The van der Waals surface area contributed by atoms with Gasteiger partial charge in [-0.15, -0.1) is 0 Å². The predicted octanol–water partition coefficient (Wildman–Crippen LogP) is 5.52. The number of anilines is 1. The highest BCUT2D eigenvalue weighted by atomic mass is 32.2. The predicted molar refractivity (Wildman–Crippen MR) is 134 cm³/mol. The van der Waals surface area contributed by atoms with E-state index in [1.165, 1.54) is 6.20 Å². The average Bonchev–Trinajstić information content (AvgIpc) is 2.80. The minimum atomic E-state index is -3.72. The van der Waals surface area contributed by atoms with Crippen molar-refractivity contribution in [2.45, 2.75) is 51.9 Å². The van der Waals surface area contributed by atoms with Gasteiger partial charge < -0.3 is 10.1 Å². The Balaban J connectivity index is 1.62. The molecule has 34 heavy (non-hydrogen) atoms. The number of ether oxygens (including phenoxy) is 1. The van der Waals surface area contributed by atoms with Crippen LogP contribution in [0.5, 0.6) is 11.6 Å². The third-order valence-corrected chi connectivity index (χ3v) is 7.00. The summed E-state index contributed by atoms with van der Waals surface area (Å²) in [5.41, 5.74) is 3.55. The van der Waals surface area contributed by atoms with E-state index in [0.29, 0.717) is 35.0 Å². The van der Waals surface area contributed by atoms with Crippen LogP contribution in [0.1, 0.15) is 53.2 Å². The van der Waals surface area contributed by atoms with Crippen molar-refractivity contribution in [1.29, 1.82) is 0 Å². The molecule has 2 N–H and O–H groups in total. The van der Waals surface area contributed by atoms with Gasteiger partial charge in [-0.05, 0) is 80.3 Å². The van der Waals surface area contributed by atoms with E-state index < -0.39 is 10.0 Å². The van der Waals surface area contributed by atoms with Crippen molar-refractivity contribution in [3.05, 3.63) is 77.0 Å². The molecule has 0 spiro atoms. The lowest BCUT2D eigenvalue weighted by Gasteiger charge is -2.13. The quantitative estimate of drug-likeness (QED) is 0.372. The molecule has 0 saturated carbocycles. The summed E-state index contributed by atoms with van der Waals surface area (Å²) in [7, 11) is -3.72. The van der Waals surface area contributed by atoms with Gasteiger partial charge in [0.1, 0.15) is 5.75 Å². The van der Waals surface area contributed by atoms with Gasteiger partial charge in [0.15, 0.2) is 0 Å². The van der Waals surface area contributed by atoms with Crippen LogP contribution in [0.25, 0.3) is 0 Å². The van der Waals surface area contributed by atoms with Gasteiger partial charge >= 0.3 is 0 Å². The molecule has 0 fully saturated rings. The third kappa shape index (κ3) is 6.57. The number of nitrogens with zero attached hydrogens (tertiary/aromatic N) is 1. The second-order valence-electron chi connectivity index (χ2n) is 8.28. The topological polar surface area (TPSA) is 97.4 Å². The summed E-state index contributed by atoms with van der Waals surface area (Å²) in [6.07, 6.45) is 4.60. The molecule has 0 saturated heterocycles. The normalized spacial score (nSPS) is 11.2. The molecular formula is C26H31N3O4S. The van der Waals surface area contributed by atoms with Crippen molar-refractivity contribution < 1.29 is 17.9 Å². The molecule has 1 amide bonds. The smallest absolute Gasteiger partial charge is 0.262 e. The molecular weight excluding hydrogens is 450 g/mol. The van der Waals surface area contributed by atoms with E-state index in [1.54, 1.807) is 49.4 Å². The molecule has 3 aromatic rings. The highest BCUT2D eigenvalue weighted by Crippen LogP contribution is 2.25. The standard InChI is InChI=1S/C26H31N3O4S/c1-5-6-7-14-27-26(30)21-8-13-25(28-17-21)33-23-11-9-22(10-12-23)29-34(31,32)24-16-19(3)18(2)15-20(24)4/h8-13,15-17,29H,5-7,14H2,1-4H3,(H,27,30). The van der Waals surface area contributed by atoms with E-state index in [9.17, 15) is 13.2 Å². The van der Waals surface area contributed by atoms with Gasteiger partial charge in [0, 0.05) is 24.5 Å². The molecule has 8 heteroatoms. The van der Waals surface area contributed by atoms with Crippen molar-refractivity contribution in [2.75, 3.05) is 11.3 Å². The number of sulfonamides is 1. The van der Waals surface area contributed by atoms with Gasteiger partial charge in [-0.1, -0.05) is 25.8 Å². The van der Waals surface area contributed by atoms with Crippen molar-refractivity contribution in [3.63, 3.8) is 0 Å². The number of amides is 1. The zero-order valence-corrected chi connectivity index (χ0v) is 20.8. The highest BCUT2D eigenvalue weighted by Gasteiger charge is 2.18. The largest absolute Gasteiger partial charge is 0.439 e. The summed E-state index contributed by atoms with van der Waals surface area (Å²) < 4.78 is 34.1. The molecule has 7 nitrogen and oxygen atoms in total. The average molecular weight is 482 g/mol. The van der Waals surface area contributed by atoms with Crippen LogP contribution in [0.2, 0.25) is 0 Å². The molecule has 0 atom stereocenters. The Hall–Kier alpha value is -3.39. The number of benzene rings is 2. The maximum atomic E-state index is 12.9. The first kappa shape index (κ1) is 25.2.